The van der Waals surface area contributed by atoms with Crippen LogP contribution in [0.1, 0.15) is 26.0 Å². The molecular weight excluding hydrogens is 270 g/mol. The lowest BCUT2D eigenvalue weighted by Gasteiger charge is -2.21. The summed E-state index contributed by atoms with van der Waals surface area (Å²) in [5.74, 6) is 0.474. The van der Waals surface area contributed by atoms with Crippen LogP contribution in [0.5, 0.6) is 0 Å². The van der Waals surface area contributed by atoms with Crippen molar-refractivity contribution in [3.8, 4) is 0 Å². The second-order valence-electron chi connectivity index (χ2n) is 4.65. The fourth-order valence-electron chi connectivity index (χ4n) is 2.00. The van der Waals surface area contributed by atoms with Gasteiger partial charge in [-0.05, 0) is 12.3 Å². The zero-order valence-electron chi connectivity index (χ0n) is 10.6. The van der Waals surface area contributed by atoms with Crippen LogP contribution >= 0.6 is 22.9 Å². The SMILES string of the molecule is CC(C)C(CCO)NCc1c(Cl)nc2sccn12. The van der Waals surface area contributed by atoms with Crippen LogP contribution in [-0.4, -0.2) is 27.1 Å². The van der Waals surface area contributed by atoms with Gasteiger partial charge in [-0.1, -0.05) is 25.4 Å². The van der Waals surface area contributed by atoms with Crippen LogP contribution in [0.25, 0.3) is 4.96 Å². The Morgan fingerprint density at radius 1 is 1.56 bits per heavy atom. The number of nitrogens with one attached hydrogen (secondary N) is 1. The molecule has 0 saturated heterocycles. The number of hydrogen-bond donors (Lipinski definition) is 2. The van der Waals surface area contributed by atoms with E-state index in [0.29, 0.717) is 17.6 Å². The molecule has 0 amide bonds. The summed E-state index contributed by atoms with van der Waals surface area (Å²) in [5.41, 5.74) is 0.983. The predicted molar refractivity (Wildman–Crippen MR) is 75.2 cm³/mol. The number of aromatic nitrogens is 2. The van der Waals surface area contributed by atoms with Gasteiger partial charge in [-0.2, -0.15) is 0 Å². The molecule has 1 unspecified atom stereocenters. The molecule has 0 radical (unpaired) electrons. The molecule has 0 spiro atoms. The molecule has 0 fully saturated rings. The normalized spacial score (nSPS) is 13.6. The summed E-state index contributed by atoms with van der Waals surface area (Å²) in [6.45, 7) is 5.15. The van der Waals surface area contributed by atoms with Gasteiger partial charge in [0, 0.05) is 30.8 Å². The van der Waals surface area contributed by atoms with E-state index in [1.165, 1.54) is 0 Å². The molecule has 0 aromatic carbocycles. The van der Waals surface area contributed by atoms with Crippen LogP contribution in [0.15, 0.2) is 11.6 Å². The van der Waals surface area contributed by atoms with Crippen molar-refractivity contribution in [2.45, 2.75) is 32.9 Å². The van der Waals surface area contributed by atoms with E-state index < -0.39 is 0 Å². The molecule has 0 aliphatic rings. The van der Waals surface area contributed by atoms with Gasteiger partial charge in [0.2, 0.25) is 0 Å². The fourth-order valence-corrected chi connectivity index (χ4v) is 3.02. The first-order valence-electron chi connectivity index (χ1n) is 6.07. The zero-order chi connectivity index (χ0) is 13.1. The van der Waals surface area contributed by atoms with Crippen LogP contribution in [-0.2, 0) is 6.54 Å². The summed E-state index contributed by atoms with van der Waals surface area (Å²) in [5, 5.41) is 15.1. The van der Waals surface area contributed by atoms with Crippen LogP contribution < -0.4 is 5.32 Å². The maximum absolute atomic E-state index is 9.05. The maximum atomic E-state index is 9.05. The number of nitrogens with zero attached hydrogens (tertiary/aromatic N) is 2. The number of fused-ring (bicyclic) bond motifs is 1. The first-order valence-corrected chi connectivity index (χ1v) is 7.33. The Morgan fingerprint density at radius 3 is 3.00 bits per heavy atom. The Morgan fingerprint density at radius 2 is 2.33 bits per heavy atom. The Hall–Kier alpha value is -0.620. The molecular formula is C12H18ClN3OS. The molecule has 2 aromatic rings. The summed E-state index contributed by atoms with van der Waals surface area (Å²) >= 11 is 7.71. The highest BCUT2D eigenvalue weighted by atomic mass is 35.5. The Labute approximate surface area is 116 Å². The maximum Gasteiger partial charge on any atom is 0.195 e. The number of halogens is 1. The molecule has 2 heterocycles. The van der Waals surface area contributed by atoms with Crippen LogP contribution in [0.3, 0.4) is 0 Å². The van der Waals surface area contributed by atoms with E-state index in [0.717, 1.165) is 17.1 Å². The fraction of sp³-hybridized carbons (Fsp3) is 0.583. The molecule has 0 bridgehead atoms. The van der Waals surface area contributed by atoms with Gasteiger partial charge in [0.1, 0.15) is 0 Å². The molecule has 6 heteroatoms. The zero-order valence-corrected chi connectivity index (χ0v) is 12.1. The standard InChI is InChI=1S/C12H18ClN3OS/c1-8(2)9(3-5-17)14-7-10-11(13)15-12-16(10)4-6-18-12/h4,6,8-9,14,17H,3,5,7H2,1-2H3. The van der Waals surface area contributed by atoms with E-state index in [1.807, 2.05) is 16.0 Å². The molecule has 2 rings (SSSR count). The summed E-state index contributed by atoms with van der Waals surface area (Å²) in [6.07, 6.45) is 2.73. The lowest BCUT2D eigenvalue weighted by Crippen LogP contribution is -2.34. The monoisotopic (exact) mass is 287 g/mol. The van der Waals surface area contributed by atoms with Crippen LogP contribution in [0.2, 0.25) is 5.15 Å². The average molecular weight is 288 g/mol. The highest BCUT2D eigenvalue weighted by molar-refractivity contribution is 7.15. The topological polar surface area (TPSA) is 49.6 Å². The quantitative estimate of drug-likeness (QED) is 0.858. The van der Waals surface area contributed by atoms with Gasteiger partial charge in [-0.25, -0.2) is 4.98 Å². The van der Waals surface area contributed by atoms with E-state index >= 15 is 0 Å². The molecule has 0 aliphatic heterocycles. The summed E-state index contributed by atoms with van der Waals surface area (Å²) < 4.78 is 2.01. The lowest BCUT2D eigenvalue weighted by molar-refractivity contribution is 0.243. The highest BCUT2D eigenvalue weighted by Crippen LogP contribution is 2.21. The van der Waals surface area contributed by atoms with Gasteiger partial charge in [0.25, 0.3) is 0 Å². The van der Waals surface area contributed by atoms with Gasteiger partial charge in [0.05, 0.1) is 5.69 Å². The summed E-state index contributed by atoms with van der Waals surface area (Å²) in [4.78, 5) is 5.22. The van der Waals surface area contributed by atoms with Gasteiger partial charge in [-0.3, -0.25) is 4.40 Å². The Balaban J connectivity index is 2.08. The van der Waals surface area contributed by atoms with Gasteiger partial charge in [-0.15, -0.1) is 11.3 Å². The molecule has 0 aliphatic carbocycles. The molecule has 2 aromatic heterocycles. The van der Waals surface area contributed by atoms with Crippen molar-refractivity contribution in [2.75, 3.05) is 6.61 Å². The first kappa shape index (κ1) is 13.8. The third-order valence-corrected chi connectivity index (χ3v) is 4.15. The van der Waals surface area contributed by atoms with Gasteiger partial charge in [0.15, 0.2) is 10.1 Å². The number of aliphatic hydroxyl groups excluding tert-OH is 1. The second kappa shape index (κ2) is 6.02. The lowest BCUT2D eigenvalue weighted by atomic mass is 10.0. The minimum atomic E-state index is 0.198. The van der Waals surface area contributed by atoms with E-state index in [4.69, 9.17) is 16.7 Å². The van der Waals surface area contributed by atoms with E-state index in [1.54, 1.807) is 11.3 Å². The molecule has 100 valence electrons. The smallest absolute Gasteiger partial charge is 0.195 e. The van der Waals surface area contributed by atoms with Crippen LogP contribution in [0.4, 0.5) is 0 Å². The second-order valence-corrected chi connectivity index (χ2v) is 5.88. The predicted octanol–water partition coefficient (Wildman–Crippen LogP) is 2.55. The molecule has 18 heavy (non-hydrogen) atoms. The molecule has 1 atom stereocenters. The third-order valence-electron chi connectivity index (χ3n) is 3.09. The van der Waals surface area contributed by atoms with Crippen molar-refractivity contribution >= 4 is 27.9 Å². The van der Waals surface area contributed by atoms with Crippen molar-refractivity contribution < 1.29 is 5.11 Å². The Kier molecular flexibility index (Phi) is 4.61. The van der Waals surface area contributed by atoms with E-state index in [9.17, 15) is 0 Å². The minimum Gasteiger partial charge on any atom is -0.396 e. The van der Waals surface area contributed by atoms with Gasteiger partial charge < -0.3 is 10.4 Å². The van der Waals surface area contributed by atoms with Crippen molar-refractivity contribution in [3.05, 3.63) is 22.4 Å². The van der Waals surface area contributed by atoms with Crippen molar-refractivity contribution in [2.24, 2.45) is 5.92 Å². The number of rotatable bonds is 6. The molecule has 0 saturated carbocycles. The third kappa shape index (κ3) is 2.85. The van der Waals surface area contributed by atoms with Crippen molar-refractivity contribution in [1.82, 2.24) is 14.7 Å². The van der Waals surface area contributed by atoms with Crippen LogP contribution in [0, 0.1) is 5.92 Å². The largest absolute Gasteiger partial charge is 0.396 e. The number of thiazole rings is 1. The van der Waals surface area contributed by atoms with E-state index in [-0.39, 0.29) is 12.6 Å². The molecule has 2 N–H and O–H groups in total. The van der Waals surface area contributed by atoms with Crippen molar-refractivity contribution in [3.63, 3.8) is 0 Å². The summed E-state index contributed by atoms with van der Waals surface area (Å²) in [7, 11) is 0. The number of hydrogen-bond acceptors (Lipinski definition) is 4. The highest BCUT2D eigenvalue weighted by Gasteiger charge is 2.15. The van der Waals surface area contributed by atoms with Gasteiger partial charge >= 0.3 is 0 Å². The average Bonchev–Trinajstić information content (AvgIpc) is 2.85. The first-order chi connectivity index (χ1) is 8.63. The van der Waals surface area contributed by atoms with E-state index in [2.05, 4.69) is 24.1 Å². The van der Waals surface area contributed by atoms with Crippen molar-refractivity contribution in [1.29, 1.82) is 0 Å². The minimum absolute atomic E-state index is 0.198. The summed E-state index contributed by atoms with van der Waals surface area (Å²) in [6, 6.07) is 0.287. The molecule has 4 nitrogen and oxygen atoms in total. The number of imidazole rings is 1. The number of aliphatic hydroxyl groups is 1. The Bertz CT molecular complexity index is 508.